The summed E-state index contributed by atoms with van der Waals surface area (Å²) in [7, 11) is 0. The van der Waals surface area contributed by atoms with Gasteiger partial charge in [-0.05, 0) is 6.07 Å². The molecule has 17 heavy (non-hydrogen) atoms. The Balaban J connectivity index is 3.20. The van der Waals surface area contributed by atoms with Gasteiger partial charge in [0.25, 0.3) is 12.4 Å². The lowest BCUT2D eigenvalue weighted by Gasteiger charge is -2.12. The summed E-state index contributed by atoms with van der Waals surface area (Å²) in [6.45, 7) is 0. The molecule has 0 spiro atoms. The Labute approximate surface area is 96.2 Å². The summed E-state index contributed by atoms with van der Waals surface area (Å²) in [4.78, 5) is 2.89. The highest BCUT2D eigenvalue weighted by atomic mass is 35.5. The first-order chi connectivity index (χ1) is 7.74. The number of alkyl halides is 6. The SMILES string of the molecule is Fc1nc(CCl)c(C(F)F)cc1OC(F)(F)F. The Hall–Kier alpha value is -1.18. The van der Waals surface area contributed by atoms with Crippen LogP contribution in [-0.4, -0.2) is 11.3 Å². The van der Waals surface area contributed by atoms with Gasteiger partial charge in [0.2, 0.25) is 0 Å². The maximum Gasteiger partial charge on any atom is 0.573 e. The third-order valence-electron chi connectivity index (χ3n) is 1.64. The lowest BCUT2D eigenvalue weighted by molar-refractivity contribution is -0.275. The zero-order valence-electron chi connectivity index (χ0n) is 7.86. The molecule has 0 aliphatic heterocycles. The van der Waals surface area contributed by atoms with E-state index in [0.29, 0.717) is 0 Å². The number of hydrogen-bond acceptors (Lipinski definition) is 2. The molecule has 0 saturated heterocycles. The van der Waals surface area contributed by atoms with Crippen LogP contribution in [0.15, 0.2) is 6.07 Å². The fourth-order valence-electron chi connectivity index (χ4n) is 1.01. The van der Waals surface area contributed by atoms with Crippen LogP contribution in [0, 0.1) is 5.95 Å². The lowest BCUT2D eigenvalue weighted by Crippen LogP contribution is -2.19. The third kappa shape index (κ3) is 3.65. The van der Waals surface area contributed by atoms with E-state index in [0.717, 1.165) is 0 Å². The van der Waals surface area contributed by atoms with Gasteiger partial charge in [-0.3, -0.25) is 0 Å². The lowest BCUT2D eigenvalue weighted by atomic mass is 10.2. The van der Waals surface area contributed by atoms with Crippen LogP contribution in [0.4, 0.5) is 26.3 Å². The molecule has 0 saturated carbocycles. The van der Waals surface area contributed by atoms with E-state index in [1.807, 2.05) is 0 Å². The van der Waals surface area contributed by atoms with Crippen molar-refractivity contribution >= 4 is 11.6 Å². The second-order valence-corrected chi connectivity index (χ2v) is 3.06. The molecule has 9 heteroatoms. The molecule has 0 unspecified atom stereocenters. The van der Waals surface area contributed by atoms with Gasteiger partial charge in [-0.1, -0.05) is 0 Å². The molecule has 0 radical (unpaired) electrons. The minimum absolute atomic E-state index is 0.234. The number of pyridine rings is 1. The van der Waals surface area contributed by atoms with Crippen molar-refractivity contribution in [3.8, 4) is 5.75 Å². The van der Waals surface area contributed by atoms with Crippen molar-refractivity contribution in [2.45, 2.75) is 18.7 Å². The molecule has 1 rings (SSSR count). The van der Waals surface area contributed by atoms with E-state index in [2.05, 4.69) is 9.72 Å². The monoisotopic (exact) mass is 279 g/mol. The molecule has 0 aliphatic carbocycles. The molecule has 96 valence electrons. The van der Waals surface area contributed by atoms with E-state index in [1.54, 1.807) is 0 Å². The average Bonchev–Trinajstić information content (AvgIpc) is 2.18. The molecule has 0 bridgehead atoms. The van der Waals surface area contributed by atoms with Gasteiger partial charge in [-0.25, -0.2) is 13.8 Å². The highest BCUT2D eigenvalue weighted by Gasteiger charge is 2.33. The molecule has 1 heterocycles. The Morgan fingerprint density at radius 3 is 2.35 bits per heavy atom. The van der Waals surface area contributed by atoms with Crippen molar-refractivity contribution in [1.82, 2.24) is 4.98 Å². The van der Waals surface area contributed by atoms with Gasteiger partial charge in [0.15, 0.2) is 5.75 Å². The minimum Gasteiger partial charge on any atom is -0.401 e. The summed E-state index contributed by atoms with van der Waals surface area (Å²) in [6, 6.07) is 0.234. The first-order valence-corrected chi connectivity index (χ1v) is 4.57. The van der Waals surface area contributed by atoms with Crippen LogP contribution in [0.5, 0.6) is 5.75 Å². The van der Waals surface area contributed by atoms with Crippen molar-refractivity contribution in [2.24, 2.45) is 0 Å². The van der Waals surface area contributed by atoms with Crippen molar-refractivity contribution in [3.63, 3.8) is 0 Å². The molecule has 0 aromatic carbocycles. The van der Waals surface area contributed by atoms with Gasteiger partial charge in [0.05, 0.1) is 11.6 Å². The maximum atomic E-state index is 13.0. The highest BCUT2D eigenvalue weighted by Crippen LogP contribution is 2.31. The van der Waals surface area contributed by atoms with E-state index >= 15 is 0 Å². The Kier molecular flexibility index (Phi) is 4.07. The summed E-state index contributed by atoms with van der Waals surface area (Å²) in [6.07, 6.45) is -8.32. The number of nitrogens with zero attached hydrogens (tertiary/aromatic N) is 1. The predicted octanol–water partition coefficient (Wildman–Crippen LogP) is 3.80. The van der Waals surface area contributed by atoms with Crippen molar-refractivity contribution in [3.05, 3.63) is 23.3 Å². The summed E-state index contributed by atoms with van der Waals surface area (Å²) in [5.41, 5.74) is -1.44. The zero-order valence-corrected chi connectivity index (χ0v) is 8.62. The first-order valence-electron chi connectivity index (χ1n) is 4.03. The number of aromatic nitrogens is 1. The molecule has 0 N–H and O–H groups in total. The van der Waals surface area contributed by atoms with E-state index in [9.17, 15) is 26.3 Å². The first kappa shape index (κ1) is 13.9. The molecular weight excluding hydrogens is 276 g/mol. The molecule has 0 amide bonds. The van der Waals surface area contributed by atoms with Gasteiger partial charge < -0.3 is 4.74 Å². The molecular formula is C8H4ClF6NO. The largest absolute Gasteiger partial charge is 0.573 e. The number of halogens is 7. The Morgan fingerprint density at radius 1 is 1.35 bits per heavy atom. The maximum absolute atomic E-state index is 13.0. The van der Waals surface area contributed by atoms with Crippen LogP contribution in [-0.2, 0) is 5.88 Å². The zero-order chi connectivity index (χ0) is 13.2. The van der Waals surface area contributed by atoms with Crippen LogP contribution in [0.2, 0.25) is 0 Å². The van der Waals surface area contributed by atoms with Crippen LogP contribution >= 0.6 is 11.6 Å². The van der Waals surface area contributed by atoms with E-state index in [4.69, 9.17) is 11.6 Å². The van der Waals surface area contributed by atoms with Crippen LogP contribution in [0.3, 0.4) is 0 Å². The van der Waals surface area contributed by atoms with Crippen molar-refractivity contribution in [1.29, 1.82) is 0 Å². The minimum atomic E-state index is -5.19. The highest BCUT2D eigenvalue weighted by molar-refractivity contribution is 6.17. The molecule has 0 atom stereocenters. The van der Waals surface area contributed by atoms with Gasteiger partial charge in [-0.2, -0.15) is 4.39 Å². The standard InChI is InChI=1S/C8H4ClF6NO/c9-2-4-3(6(10)11)1-5(7(12)16-4)17-8(13,14)15/h1,6H,2H2. The smallest absolute Gasteiger partial charge is 0.401 e. The molecule has 0 aliphatic rings. The fourth-order valence-corrected chi connectivity index (χ4v) is 1.23. The average molecular weight is 280 g/mol. The quantitative estimate of drug-likeness (QED) is 0.477. The summed E-state index contributed by atoms with van der Waals surface area (Å²) < 4.78 is 76.4. The normalized spacial score (nSPS) is 12.0. The second-order valence-electron chi connectivity index (χ2n) is 2.80. The van der Waals surface area contributed by atoms with Gasteiger partial charge in [0.1, 0.15) is 0 Å². The van der Waals surface area contributed by atoms with Crippen LogP contribution < -0.4 is 4.74 Å². The van der Waals surface area contributed by atoms with Gasteiger partial charge in [0, 0.05) is 5.56 Å². The topological polar surface area (TPSA) is 22.1 Å². The molecule has 1 aromatic rings. The van der Waals surface area contributed by atoms with E-state index < -0.39 is 41.6 Å². The fraction of sp³-hybridized carbons (Fsp3) is 0.375. The summed E-state index contributed by atoms with van der Waals surface area (Å²) >= 11 is 5.21. The number of hydrogen-bond donors (Lipinski definition) is 0. The Morgan fingerprint density at radius 2 is 1.94 bits per heavy atom. The predicted molar refractivity (Wildman–Crippen MR) is 45.4 cm³/mol. The summed E-state index contributed by atoms with van der Waals surface area (Å²) in [5.74, 6) is -3.62. The van der Waals surface area contributed by atoms with Crippen molar-refractivity contribution < 1.29 is 31.1 Å². The third-order valence-corrected chi connectivity index (χ3v) is 1.90. The van der Waals surface area contributed by atoms with Crippen molar-refractivity contribution in [2.75, 3.05) is 0 Å². The molecule has 1 aromatic heterocycles. The second kappa shape index (κ2) is 4.99. The molecule has 2 nitrogen and oxygen atoms in total. The number of ether oxygens (including phenoxy) is 1. The van der Waals surface area contributed by atoms with Crippen LogP contribution in [0.25, 0.3) is 0 Å². The number of rotatable bonds is 3. The van der Waals surface area contributed by atoms with Crippen LogP contribution in [0.1, 0.15) is 17.7 Å². The van der Waals surface area contributed by atoms with Gasteiger partial charge >= 0.3 is 6.36 Å². The van der Waals surface area contributed by atoms with E-state index in [-0.39, 0.29) is 6.07 Å². The Bertz CT molecular complexity index is 408. The van der Waals surface area contributed by atoms with Gasteiger partial charge in [-0.15, -0.1) is 24.8 Å². The summed E-state index contributed by atoms with van der Waals surface area (Å²) in [5, 5.41) is 0. The van der Waals surface area contributed by atoms with E-state index in [1.165, 1.54) is 0 Å². The molecule has 0 fully saturated rings.